The summed E-state index contributed by atoms with van der Waals surface area (Å²) in [5.41, 5.74) is 0.779. The fourth-order valence-electron chi connectivity index (χ4n) is 2.46. The van der Waals surface area contributed by atoms with Crippen LogP contribution < -0.4 is 9.47 Å². The number of nitrogens with zero attached hydrogens (tertiary/aromatic N) is 1. The molecule has 1 aromatic carbocycles. The van der Waals surface area contributed by atoms with Crippen LogP contribution in [-0.4, -0.2) is 61.6 Å². The van der Waals surface area contributed by atoms with Gasteiger partial charge in [-0.05, 0) is 17.7 Å². The van der Waals surface area contributed by atoms with E-state index in [1.807, 2.05) is 0 Å². The highest BCUT2D eigenvalue weighted by Crippen LogP contribution is 2.43. The Kier molecular flexibility index (Phi) is 5.73. The van der Waals surface area contributed by atoms with Gasteiger partial charge in [-0.15, -0.1) is 11.8 Å². The van der Waals surface area contributed by atoms with Crippen LogP contribution in [0.25, 0.3) is 0 Å². The number of carboxylic acids is 1. The molecule has 8 heteroatoms. The maximum absolute atomic E-state index is 12.3. The van der Waals surface area contributed by atoms with E-state index in [9.17, 15) is 14.7 Å². The Morgan fingerprint density at radius 1 is 1.26 bits per heavy atom. The molecule has 0 unspecified atom stereocenters. The van der Waals surface area contributed by atoms with Crippen molar-refractivity contribution < 1.29 is 28.9 Å². The van der Waals surface area contributed by atoms with Crippen molar-refractivity contribution in [2.75, 3.05) is 33.7 Å². The second-order valence-electron chi connectivity index (χ2n) is 4.89. The van der Waals surface area contributed by atoms with Crippen molar-refractivity contribution in [3.63, 3.8) is 0 Å². The fourth-order valence-corrected chi connectivity index (χ4v) is 3.89. The van der Waals surface area contributed by atoms with Gasteiger partial charge in [0.1, 0.15) is 18.0 Å². The molecule has 1 fully saturated rings. The number of hydrogen-bond acceptors (Lipinski definition) is 6. The molecule has 2 rings (SSSR count). The molecular weight excluding hydrogens is 322 g/mol. The topological polar surface area (TPSA) is 85.3 Å². The van der Waals surface area contributed by atoms with Gasteiger partial charge in [0.25, 0.3) is 0 Å². The van der Waals surface area contributed by atoms with E-state index < -0.39 is 17.4 Å². The Bertz CT molecular complexity index is 593. The average Bonchev–Trinajstić information content (AvgIpc) is 2.99. The van der Waals surface area contributed by atoms with Crippen molar-refractivity contribution in [3.05, 3.63) is 23.8 Å². The molecule has 1 aliphatic heterocycles. The SMILES string of the molecule is COCC(=O)N1[C@@H](C(=O)O)CS[C@H]1c1ccc(OC)c(OC)c1. The molecule has 0 aromatic heterocycles. The average molecular weight is 341 g/mol. The van der Waals surface area contributed by atoms with Crippen LogP contribution in [0.1, 0.15) is 10.9 Å². The van der Waals surface area contributed by atoms with Crippen molar-refractivity contribution >= 4 is 23.6 Å². The van der Waals surface area contributed by atoms with Crippen molar-refractivity contribution in [2.24, 2.45) is 0 Å². The summed E-state index contributed by atoms with van der Waals surface area (Å²) in [5, 5.41) is 8.95. The standard InChI is InChI=1S/C15H19NO6S/c1-20-7-13(17)16-10(15(18)19)8-23-14(16)9-4-5-11(21-2)12(6-9)22-3/h4-6,10,14H,7-8H2,1-3H3,(H,18,19)/t10-,14+/m1/s1. The van der Waals surface area contributed by atoms with E-state index in [4.69, 9.17) is 14.2 Å². The van der Waals surface area contributed by atoms with Gasteiger partial charge in [0.05, 0.1) is 14.2 Å². The number of thioether (sulfide) groups is 1. The molecule has 1 aromatic rings. The van der Waals surface area contributed by atoms with Gasteiger partial charge in [-0.1, -0.05) is 6.07 Å². The molecule has 23 heavy (non-hydrogen) atoms. The Morgan fingerprint density at radius 3 is 2.52 bits per heavy atom. The normalized spacial score (nSPS) is 20.4. The number of methoxy groups -OCH3 is 3. The zero-order chi connectivity index (χ0) is 17.0. The molecule has 126 valence electrons. The summed E-state index contributed by atoms with van der Waals surface area (Å²) in [4.78, 5) is 25.1. The number of rotatable bonds is 6. The van der Waals surface area contributed by atoms with Crippen LogP contribution in [0.4, 0.5) is 0 Å². The van der Waals surface area contributed by atoms with Gasteiger partial charge in [-0.3, -0.25) is 4.79 Å². The second kappa shape index (κ2) is 7.56. The molecule has 1 saturated heterocycles. The molecule has 7 nitrogen and oxygen atoms in total. The lowest BCUT2D eigenvalue weighted by atomic mass is 10.1. The summed E-state index contributed by atoms with van der Waals surface area (Å²) in [7, 11) is 4.47. The molecule has 0 bridgehead atoms. The molecule has 1 N–H and O–H groups in total. The number of ether oxygens (including phenoxy) is 3. The van der Waals surface area contributed by atoms with E-state index in [-0.39, 0.29) is 12.5 Å². The summed E-state index contributed by atoms with van der Waals surface area (Å²) in [5.74, 6) is 0.0472. The third-order valence-corrected chi connectivity index (χ3v) is 4.86. The Labute approximate surface area is 138 Å². The molecular formula is C15H19NO6S. The second-order valence-corrected chi connectivity index (χ2v) is 6.00. The fraction of sp³-hybridized carbons (Fsp3) is 0.467. The number of carboxylic acid groups (broad SMARTS) is 1. The quantitative estimate of drug-likeness (QED) is 0.836. The van der Waals surface area contributed by atoms with E-state index >= 15 is 0 Å². The summed E-state index contributed by atoms with van der Waals surface area (Å²) >= 11 is 1.40. The highest BCUT2D eigenvalue weighted by atomic mass is 32.2. The van der Waals surface area contributed by atoms with Crippen LogP contribution >= 0.6 is 11.8 Å². The van der Waals surface area contributed by atoms with E-state index in [0.29, 0.717) is 17.3 Å². The van der Waals surface area contributed by atoms with Gasteiger partial charge in [0, 0.05) is 12.9 Å². The zero-order valence-electron chi connectivity index (χ0n) is 13.1. The lowest BCUT2D eigenvalue weighted by molar-refractivity contribution is -0.150. The summed E-state index contributed by atoms with van der Waals surface area (Å²) < 4.78 is 15.3. The van der Waals surface area contributed by atoms with Gasteiger partial charge in [0.2, 0.25) is 5.91 Å². The van der Waals surface area contributed by atoms with Crippen LogP contribution in [-0.2, 0) is 14.3 Å². The molecule has 1 heterocycles. The lowest BCUT2D eigenvalue weighted by Crippen LogP contribution is -2.44. The maximum atomic E-state index is 12.3. The van der Waals surface area contributed by atoms with E-state index in [2.05, 4.69) is 0 Å². The zero-order valence-corrected chi connectivity index (χ0v) is 14.0. The number of hydrogen-bond donors (Lipinski definition) is 1. The van der Waals surface area contributed by atoms with Crippen LogP contribution in [0.3, 0.4) is 0 Å². The third kappa shape index (κ3) is 3.53. The predicted octanol–water partition coefficient (Wildman–Crippen LogP) is 1.38. The van der Waals surface area contributed by atoms with Gasteiger partial charge < -0.3 is 24.2 Å². The first-order chi connectivity index (χ1) is 11.0. The monoisotopic (exact) mass is 341 g/mol. The van der Waals surface area contributed by atoms with E-state index in [0.717, 1.165) is 5.56 Å². The first kappa shape index (κ1) is 17.4. The molecule has 2 atom stereocenters. The van der Waals surface area contributed by atoms with Crippen molar-refractivity contribution in [2.45, 2.75) is 11.4 Å². The number of aliphatic carboxylic acids is 1. The van der Waals surface area contributed by atoms with Gasteiger partial charge in [-0.25, -0.2) is 4.79 Å². The molecule has 1 aliphatic rings. The number of benzene rings is 1. The number of carbonyl (C=O) groups excluding carboxylic acids is 1. The van der Waals surface area contributed by atoms with Crippen molar-refractivity contribution in [3.8, 4) is 11.5 Å². The summed E-state index contributed by atoms with van der Waals surface area (Å²) in [6.07, 6.45) is 0. The van der Waals surface area contributed by atoms with Crippen LogP contribution in [0, 0.1) is 0 Å². The summed E-state index contributed by atoms with van der Waals surface area (Å²) in [6.45, 7) is -0.159. The largest absolute Gasteiger partial charge is 0.493 e. The predicted molar refractivity (Wildman–Crippen MR) is 84.9 cm³/mol. The third-order valence-electron chi connectivity index (χ3n) is 3.53. The molecule has 0 radical (unpaired) electrons. The first-order valence-electron chi connectivity index (χ1n) is 6.90. The highest BCUT2D eigenvalue weighted by molar-refractivity contribution is 7.99. The minimum absolute atomic E-state index is 0.159. The number of carbonyl (C=O) groups is 2. The van der Waals surface area contributed by atoms with Gasteiger partial charge in [0.15, 0.2) is 11.5 Å². The van der Waals surface area contributed by atoms with Gasteiger partial charge in [-0.2, -0.15) is 0 Å². The smallest absolute Gasteiger partial charge is 0.327 e. The molecule has 0 saturated carbocycles. The lowest BCUT2D eigenvalue weighted by Gasteiger charge is -2.27. The van der Waals surface area contributed by atoms with Crippen molar-refractivity contribution in [1.29, 1.82) is 0 Å². The van der Waals surface area contributed by atoms with E-state index in [1.165, 1.54) is 38.0 Å². The Hall–Kier alpha value is -1.93. The first-order valence-corrected chi connectivity index (χ1v) is 7.94. The van der Waals surface area contributed by atoms with Crippen LogP contribution in [0.5, 0.6) is 11.5 Å². The Morgan fingerprint density at radius 2 is 1.96 bits per heavy atom. The van der Waals surface area contributed by atoms with Gasteiger partial charge >= 0.3 is 5.97 Å². The summed E-state index contributed by atoms with van der Waals surface area (Å²) in [6, 6.07) is 4.42. The Balaban J connectivity index is 2.36. The minimum Gasteiger partial charge on any atom is -0.493 e. The molecule has 1 amide bonds. The molecule has 0 spiro atoms. The molecule has 0 aliphatic carbocycles. The van der Waals surface area contributed by atoms with Crippen LogP contribution in [0.15, 0.2) is 18.2 Å². The number of amides is 1. The highest BCUT2D eigenvalue weighted by Gasteiger charge is 2.42. The van der Waals surface area contributed by atoms with Crippen molar-refractivity contribution in [1.82, 2.24) is 4.90 Å². The maximum Gasteiger partial charge on any atom is 0.327 e. The van der Waals surface area contributed by atoms with Crippen LogP contribution in [0.2, 0.25) is 0 Å². The minimum atomic E-state index is -1.02. The van der Waals surface area contributed by atoms with E-state index in [1.54, 1.807) is 18.2 Å².